The normalized spacial score (nSPS) is 19.2. The van der Waals surface area contributed by atoms with E-state index in [2.05, 4.69) is 0 Å². The highest BCUT2D eigenvalue weighted by Gasteiger charge is 2.44. The molecule has 5 nitrogen and oxygen atoms in total. The van der Waals surface area contributed by atoms with Crippen molar-refractivity contribution in [3.8, 4) is 5.88 Å². The number of aryl methyl sites for hydroxylation is 1. The number of imidazole rings is 1. The molecule has 0 atom stereocenters. The maximum absolute atomic E-state index is 12.9. The number of hydrogen-bond donors (Lipinski definition) is 1. The highest BCUT2D eigenvalue weighted by atomic mass is 16.5. The van der Waals surface area contributed by atoms with Gasteiger partial charge >= 0.3 is 5.69 Å². The van der Waals surface area contributed by atoms with Gasteiger partial charge in [-0.2, -0.15) is 0 Å². The molecule has 0 radical (unpaired) electrons. The Bertz CT molecular complexity index is 780. The highest BCUT2D eigenvalue weighted by Crippen LogP contribution is 2.42. The van der Waals surface area contributed by atoms with E-state index < -0.39 is 5.72 Å². The number of benzene rings is 1. The van der Waals surface area contributed by atoms with E-state index in [0.717, 1.165) is 31.2 Å². The third-order valence-electron chi connectivity index (χ3n) is 5.19. The van der Waals surface area contributed by atoms with Crippen molar-refractivity contribution in [2.24, 2.45) is 0 Å². The van der Waals surface area contributed by atoms with Gasteiger partial charge in [-0.25, -0.2) is 4.79 Å². The molecule has 0 unspecified atom stereocenters. The molecule has 0 amide bonds. The molecule has 1 fully saturated rings. The lowest BCUT2D eigenvalue weighted by Gasteiger charge is -2.33. The van der Waals surface area contributed by atoms with Crippen LogP contribution in [0.4, 0.5) is 0 Å². The van der Waals surface area contributed by atoms with Gasteiger partial charge in [0, 0.05) is 0 Å². The standard InChI is InChI=1S/C18H22N2O3/c1-13-5-7-14(8-6-13)11-19-16(21)15-12-23-18(20(15)17(19)22)9-3-2-4-10-18/h5-8,21H,2-4,9-12H2,1H3. The molecule has 2 heterocycles. The van der Waals surface area contributed by atoms with E-state index in [1.165, 1.54) is 16.6 Å². The van der Waals surface area contributed by atoms with Gasteiger partial charge in [-0.3, -0.25) is 9.13 Å². The van der Waals surface area contributed by atoms with Crippen LogP contribution in [-0.4, -0.2) is 14.2 Å². The van der Waals surface area contributed by atoms with Crippen LogP contribution >= 0.6 is 0 Å². The number of hydrogen-bond acceptors (Lipinski definition) is 3. The molecule has 1 aromatic carbocycles. The lowest BCUT2D eigenvalue weighted by molar-refractivity contribution is -0.109. The first-order valence-electron chi connectivity index (χ1n) is 8.34. The molecule has 23 heavy (non-hydrogen) atoms. The second kappa shape index (κ2) is 5.27. The van der Waals surface area contributed by atoms with Crippen LogP contribution < -0.4 is 5.69 Å². The van der Waals surface area contributed by atoms with Crippen molar-refractivity contribution in [1.29, 1.82) is 0 Å². The summed E-state index contributed by atoms with van der Waals surface area (Å²) in [6.07, 6.45) is 5.03. The molecule has 1 aliphatic heterocycles. The lowest BCUT2D eigenvalue weighted by Crippen LogP contribution is -2.42. The van der Waals surface area contributed by atoms with Gasteiger partial charge in [0.25, 0.3) is 0 Å². The van der Waals surface area contributed by atoms with Crippen LogP contribution in [0.15, 0.2) is 29.1 Å². The smallest absolute Gasteiger partial charge is 0.334 e. The van der Waals surface area contributed by atoms with Crippen molar-refractivity contribution in [1.82, 2.24) is 9.13 Å². The summed E-state index contributed by atoms with van der Waals surface area (Å²) < 4.78 is 9.15. The Morgan fingerprint density at radius 3 is 2.57 bits per heavy atom. The zero-order valence-corrected chi connectivity index (χ0v) is 13.4. The first-order valence-corrected chi connectivity index (χ1v) is 8.34. The summed E-state index contributed by atoms with van der Waals surface area (Å²) in [4.78, 5) is 12.9. The predicted octanol–water partition coefficient (Wildman–Crippen LogP) is 2.86. The van der Waals surface area contributed by atoms with Crippen molar-refractivity contribution in [3.05, 3.63) is 51.6 Å². The number of fused-ring (bicyclic) bond motifs is 2. The monoisotopic (exact) mass is 314 g/mol. The third-order valence-corrected chi connectivity index (χ3v) is 5.19. The first-order chi connectivity index (χ1) is 11.1. The number of ether oxygens (including phenoxy) is 1. The molecule has 5 heteroatoms. The summed E-state index contributed by atoms with van der Waals surface area (Å²) in [7, 11) is 0. The Hall–Kier alpha value is -2.01. The minimum atomic E-state index is -0.527. The largest absolute Gasteiger partial charge is 0.493 e. The summed E-state index contributed by atoms with van der Waals surface area (Å²) in [5.74, 6) is 0.0537. The van der Waals surface area contributed by atoms with Crippen LogP contribution in [0.25, 0.3) is 0 Å². The van der Waals surface area contributed by atoms with E-state index in [4.69, 9.17) is 4.74 Å². The first kappa shape index (κ1) is 14.6. The molecule has 0 saturated heterocycles. The average Bonchev–Trinajstić information content (AvgIpc) is 3.03. The Kier molecular flexibility index (Phi) is 3.34. The third kappa shape index (κ3) is 2.22. The second-order valence-electron chi connectivity index (χ2n) is 6.76. The van der Waals surface area contributed by atoms with E-state index in [9.17, 15) is 9.90 Å². The zero-order valence-electron chi connectivity index (χ0n) is 13.4. The van der Waals surface area contributed by atoms with Crippen LogP contribution in [0.3, 0.4) is 0 Å². The molecule has 2 aromatic rings. The fourth-order valence-corrected chi connectivity index (χ4v) is 3.89. The highest BCUT2D eigenvalue weighted by molar-refractivity contribution is 5.27. The fourth-order valence-electron chi connectivity index (χ4n) is 3.89. The van der Waals surface area contributed by atoms with E-state index in [1.54, 1.807) is 4.57 Å². The van der Waals surface area contributed by atoms with Crippen molar-refractivity contribution < 1.29 is 9.84 Å². The Labute approximate surface area is 135 Å². The Morgan fingerprint density at radius 2 is 1.87 bits per heavy atom. The number of aromatic hydroxyl groups is 1. The van der Waals surface area contributed by atoms with Crippen molar-refractivity contribution in [2.75, 3.05) is 0 Å². The minimum Gasteiger partial charge on any atom is -0.493 e. The van der Waals surface area contributed by atoms with Gasteiger partial charge in [0.05, 0.1) is 13.2 Å². The number of rotatable bonds is 2. The topological polar surface area (TPSA) is 56.4 Å². The predicted molar refractivity (Wildman–Crippen MR) is 86.5 cm³/mol. The number of nitrogens with zero attached hydrogens (tertiary/aromatic N) is 2. The molecule has 1 N–H and O–H groups in total. The van der Waals surface area contributed by atoms with Gasteiger partial charge in [-0.15, -0.1) is 0 Å². The van der Waals surface area contributed by atoms with E-state index in [1.807, 2.05) is 31.2 Å². The Balaban J connectivity index is 1.74. The van der Waals surface area contributed by atoms with Gasteiger partial charge in [0.2, 0.25) is 5.88 Å². The minimum absolute atomic E-state index is 0.0537. The zero-order chi connectivity index (χ0) is 16.0. The second-order valence-corrected chi connectivity index (χ2v) is 6.76. The van der Waals surface area contributed by atoms with Crippen LogP contribution in [-0.2, 0) is 23.6 Å². The van der Waals surface area contributed by atoms with Crippen LogP contribution in [0, 0.1) is 6.92 Å². The maximum Gasteiger partial charge on any atom is 0.334 e. The van der Waals surface area contributed by atoms with Gasteiger partial charge in [-0.1, -0.05) is 36.2 Å². The van der Waals surface area contributed by atoms with E-state index in [0.29, 0.717) is 18.8 Å². The molecule has 4 rings (SSSR count). The number of aromatic nitrogens is 2. The van der Waals surface area contributed by atoms with Crippen molar-refractivity contribution >= 4 is 0 Å². The van der Waals surface area contributed by atoms with Crippen LogP contribution in [0.5, 0.6) is 5.88 Å². The Morgan fingerprint density at radius 1 is 1.17 bits per heavy atom. The quantitative estimate of drug-likeness (QED) is 0.927. The molecule has 1 spiro atoms. The lowest BCUT2D eigenvalue weighted by atomic mass is 9.91. The summed E-state index contributed by atoms with van der Waals surface area (Å²) in [6.45, 7) is 2.74. The average molecular weight is 314 g/mol. The molecular formula is C18H22N2O3. The molecular weight excluding hydrogens is 292 g/mol. The van der Waals surface area contributed by atoms with Gasteiger partial charge < -0.3 is 9.84 Å². The van der Waals surface area contributed by atoms with E-state index >= 15 is 0 Å². The molecule has 1 aromatic heterocycles. The molecule has 0 bridgehead atoms. The van der Waals surface area contributed by atoms with Crippen molar-refractivity contribution in [2.45, 2.75) is 57.9 Å². The summed E-state index contributed by atoms with van der Waals surface area (Å²) >= 11 is 0. The van der Waals surface area contributed by atoms with Crippen molar-refractivity contribution in [3.63, 3.8) is 0 Å². The molecule has 2 aliphatic rings. The summed E-state index contributed by atoms with van der Waals surface area (Å²) in [5, 5.41) is 10.5. The van der Waals surface area contributed by atoms with Gasteiger partial charge in [-0.05, 0) is 38.2 Å². The maximum atomic E-state index is 12.9. The summed E-state index contributed by atoms with van der Waals surface area (Å²) in [6, 6.07) is 8.04. The summed E-state index contributed by atoms with van der Waals surface area (Å²) in [5.41, 5.74) is 2.14. The molecule has 122 valence electrons. The van der Waals surface area contributed by atoms with E-state index in [-0.39, 0.29) is 11.6 Å². The molecule has 1 saturated carbocycles. The van der Waals surface area contributed by atoms with Crippen LogP contribution in [0.1, 0.15) is 48.9 Å². The SMILES string of the molecule is Cc1ccc(Cn2c(O)c3n(c2=O)C2(CCCCC2)OC3)cc1. The van der Waals surface area contributed by atoms with Gasteiger partial charge in [0.1, 0.15) is 11.4 Å². The van der Waals surface area contributed by atoms with Gasteiger partial charge in [0.15, 0.2) is 0 Å². The fraction of sp³-hybridized carbons (Fsp3) is 0.500. The van der Waals surface area contributed by atoms with Crippen LogP contribution in [0.2, 0.25) is 0 Å². The molecule has 1 aliphatic carbocycles.